The average Bonchev–Trinajstić information content (AvgIpc) is 2.61. The van der Waals surface area contributed by atoms with Crippen LogP contribution in [0.15, 0.2) is 0 Å². The zero-order valence-electron chi connectivity index (χ0n) is 15.0. The first-order valence-corrected chi connectivity index (χ1v) is 8.74. The Morgan fingerprint density at radius 1 is 1.00 bits per heavy atom. The summed E-state index contributed by atoms with van der Waals surface area (Å²) in [7, 11) is 0. The van der Waals surface area contributed by atoms with Crippen LogP contribution in [0, 0.1) is 0 Å². The third-order valence-corrected chi connectivity index (χ3v) is 4.12. The van der Waals surface area contributed by atoms with Crippen molar-refractivity contribution in [3.05, 3.63) is 0 Å². The molecule has 1 fully saturated rings. The molecule has 1 N–H and O–H groups in total. The molecule has 0 aliphatic carbocycles. The second kappa shape index (κ2) is 10.9. The largest absolute Gasteiger partial charge is 0.450 e. The Balaban J connectivity index is 2.27. The molecule has 0 bridgehead atoms. The molecule has 1 rings (SSSR count). The molecule has 1 saturated heterocycles. The molecule has 1 heterocycles. The highest BCUT2D eigenvalue weighted by Crippen LogP contribution is 2.04. The summed E-state index contributed by atoms with van der Waals surface area (Å²) in [4.78, 5) is 40.9. The first-order chi connectivity index (χ1) is 11.5. The van der Waals surface area contributed by atoms with Gasteiger partial charge in [0.1, 0.15) is 0 Å². The predicted molar refractivity (Wildman–Crippen MR) is 90.6 cm³/mol. The van der Waals surface area contributed by atoms with Crippen molar-refractivity contribution >= 4 is 17.9 Å². The molecule has 1 aliphatic heterocycles. The monoisotopic (exact) mass is 342 g/mol. The van der Waals surface area contributed by atoms with E-state index in [9.17, 15) is 14.4 Å². The zero-order chi connectivity index (χ0) is 17.9. The third kappa shape index (κ3) is 6.35. The number of amides is 3. The summed E-state index contributed by atoms with van der Waals surface area (Å²) in [5.41, 5.74) is 0. The summed E-state index contributed by atoms with van der Waals surface area (Å²) in [6, 6.07) is 0. The van der Waals surface area contributed by atoms with Crippen LogP contribution in [0.1, 0.15) is 27.2 Å². The minimum atomic E-state index is -0.570. The van der Waals surface area contributed by atoms with Gasteiger partial charge in [-0.25, -0.2) is 4.79 Å². The highest BCUT2D eigenvalue weighted by atomic mass is 16.6. The minimum absolute atomic E-state index is 0.327. The number of carbonyl (C=O) groups is 3. The van der Waals surface area contributed by atoms with E-state index < -0.39 is 11.8 Å². The average molecular weight is 342 g/mol. The van der Waals surface area contributed by atoms with Crippen LogP contribution in [0.25, 0.3) is 0 Å². The van der Waals surface area contributed by atoms with Gasteiger partial charge >= 0.3 is 17.9 Å². The maximum atomic E-state index is 12.1. The van der Waals surface area contributed by atoms with Crippen LogP contribution >= 0.6 is 0 Å². The minimum Gasteiger partial charge on any atom is -0.450 e. The summed E-state index contributed by atoms with van der Waals surface area (Å²) in [5.74, 6) is -1.10. The Labute approximate surface area is 144 Å². The lowest BCUT2D eigenvalue weighted by molar-refractivity contribution is -0.146. The molecule has 0 atom stereocenters. The number of rotatable bonds is 7. The van der Waals surface area contributed by atoms with Crippen LogP contribution < -0.4 is 5.32 Å². The van der Waals surface area contributed by atoms with Crippen LogP contribution in [0.4, 0.5) is 4.79 Å². The Morgan fingerprint density at radius 3 is 2.12 bits per heavy atom. The smallest absolute Gasteiger partial charge is 0.409 e. The van der Waals surface area contributed by atoms with Gasteiger partial charge in [-0.15, -0.1) is 0 Å². The van der Waals surface area contributed by atoms with E-state index in [-0.39, 0.29) is 6.09 Å². The number of nitrogens with zero attached hydrogens (tertiary/aromatic N) is 3. The van der Waals surface area contributed by atoms with Gasteiger partial charge in [0.2, 0.25) is 0 Å². The second-order valence-electron chi connectivity index (χ2n) is 5.61. The van der Waals surface area contributed by atoms with Crippen molar-refractivity contribution in [2.45, 2.75) is 27.2 Å². The van der Waals surface area contributed by atoms with E-state index in [0.717, 1.165) is 26.1 Å². The van der Waals surface area contributed by atoms with Crippen molar-refractivity contribution in [3.8, 4) is 0 Å². The maximum absolute atomic E-state index is 12.1. The summed E-state index contributed by atoms with van der Waals surface area (Å²) in [5, 5.41) is 2.68. The topological polar surface area (TPSA) is 82.2 Å². The Kier molecular flexibility index (Phi) is 9.14. The van der Waals surface area contributed by atoms with E-state index in [1.807, 2.05) is 0 Å². The van der Waals surface area contributed by atoms with Crippen LogP contribution in [-0.4, -0.2) is 91.6 Å². The van der Waals surface area contributed by atoms with Crippen molar-refractivity contribution in [1.29, 1.82) is 0 Å². The fraction of sp³-hybridized carbons (Fsp3) is 0.812. The Hall–Kier alpha value is -1.83. The molecule has 0 spiro atoms. The molecule has 8 heteroatoms. The fourth-order valence-corrected chi connectivity index (χ4v) is 2.57. The van der Waals surface area contributed by atoms with E-state index in [1.54, 1.807) is 11.8 Å². The highest BCUT2D eigenvalue weighted by molar-refractivity contribution is 6.35. The summed E-state index contributed by atoms with van der Waals surface area (Å²) in [6.07, 6.45) is 0.447. The predicted octanol–water partition coefficient (Wildman–Crippen LogP) is 0.135. The van der Waals surface area contributed by atoms with Crippen molar-refractivity contribution in [1.82, 2.24) is 20.0 Å². The molecule has 0 radical (unpaired) electrons. The molecule has 0 aromatic carbocycles. The van der Waals surface area contributed by atoms with Gasteiger partial charge in [0, 0.05) is 32.7 Å². The third-order valence-electron chi connectivity index (χ3n) is 4.12. The molecule has 24 heavy (non-hydrogen) atoms. The maximum Gasteiger partial charge on any atom is 0.409 e. The molecule has 0 aromatic heterocycles. The number of hydrogen-bond acceptors (Lipinski definition) is 5. The van der Waals surface area contributed by atoms with Gasteiger partial charge in [-0.05, 0) is 33.0 Å². The second-order valence-corrected chi connectivity index (χ2v) is 5.61. The van der Waals surface area contributed by atoms with Gasteiger partial charge < -0.3 is 24.8 Å². The first-order valence-electron chi connectivity index (χ1n) is 8.74. The standard InChI is InChI=1S/C16H30N4O4/c1-4-18(5-2)9-7-8-17-14(21)15(22)19-10-12-20(13-11-19)16(23)24-6-3/h4-13H2,1-3H3,(H,17,21). The van der Waals surface area contributed by atoms with Gasteiger partial charge in [-0.3, -0.25) is 9.59 Å². The number of hydrogen-bond donors (Lipinski definition) is 1. The lowest BCUT2D eigenvalue weighted by atomic mass is 10.3. The zero-order valence-corrected chi connectivity index (χ0v) is 15.0. The van der Waals surface area contributed by atoms with Gasteiger partial charge in [0.15, 0.2) is 0 Å². The molecular weight excluding hydrogens is 312 g/mol. The van der Waals surface area contributed by atoms with E-state index in [2.05, 4.69) is 24.1 Å². The number of nitrogens with one attached hydrogen (secondary N) is 1. The summed E-state index contributed by atoms with van der Waals surface area (Å²) in [6.45, 7) is 11.1. The lowest BCUT2D eigenvalue weighted by Gasteiger charge is -2.33. The van der Waals surface area contributed by atoms with Gasteiger partial charge in [0.25, 0.3) is 0 Å². The van der Waals surface area contributed by atoms with Crippen molar-refractivity contribution < 1.29 is 19.1 Å². The fourth-order valence-electron chi connectivity index (χ4n) is 2.57. The summed E-state index contributed by atoms with van der Waals surface area (Å²) >= 11 is 0. The SMILES string of the molecule is CCOC(=O)N1CCN(C(=O)C(=O)NCCCN(CC)CC)CC1. The van der Waals surface area contributed by atoms with Gasteiger partial charge in [-0.2, -0.15) is 0 Å². The lowest BCUT2D eigenvalue weighted by Crippen LogP contribution is -2.54. The number of ether oxygens (including phenoxy) is 1. The van der Waals surface area contributed by atoms with E-state index in [4.69, 9.17) is 4.74 Å². The van der Waals surface area contributed by atoms with E-state index in [1.165, 1.54) is 4.90 Å². The molecule has 0 aromatic rings. The van der Waals surface area contributed by atoms with E-state index >= 15 is 0 Å². The molecule has 0 unspecified atom stereocenters. The Morgan fingerprint density at radius 2 is 1.58 bits per heavy atom. The van der Waals surface area contributed by atoms with Crippen LogP contribution in [0.5, 0.6) is 0 Å². The molecule has 0 saturated carbocycles. The van der Waals surface area contributed by atoms with Crippen LogP contribution in [0.2, 0.25) is 0 Å². The molecule has 138 valence electrons. The molecule has 8 nitrogen and oxygen atoms in total. The van der Waals surface area contributed by atoms with Crippen molar-refractivity contribution in [2.24, 2.45) is 0 Å². The van der Waals surface area contributed by atoms with E-state index in [0.29, 0.717) is 39.3 Å². The molecular formula is C16H30N4O4. The first kappa shape index (κ1) is 20.2. The van der Waals surface area contributed by atoms with Gasteiger partial charge in [-0.1, -0.05) is 13.8 Å². The quantitative estimate of drug-likeness (QED) is 0.525. The number of carbonyl (C=O) groups excluding carboxylic acids is 3. The van der Waals surface area contributed by atoms with Crippen LogP contribution in [-0.2, 0) is 14.3 Å². The molecule has 1 aliphatic rings. The van der Waals surface area contributed by atoms with Gasteiger partial charge in [0.05, 0.1) is 6.61 Å². The van der Waals surface area contributed by atoms with Crippen molar-refractivity contribution in [3.63, 3.8) is 0 Å². The van der Waals surface area contributed by atoms with Crippen LogP contribution in [0.3, 0.4) is 0 Å². The Bertz CT molecular complexity index is 418. The van der Waals surface area contributed by atoms with Crippen molar-refractivity contribution in [2.75, 3.05) is 59.0 Å². The highest BCUT2D eigenvalue weighted by Gasteiger charge is 2.28. The molecule has 3 amide bonds. The summed E-state index contributed by atoms with van der Waals surface area (Å²) < 4.78 is 4.93. The normalized spacial score (nSPS) is 14.7. The number of piperazine rings is 1.